The molecule has 98 valence electrons. The Morgan fingerprint density at radius 1 is 1.61 bits per heavy atom. The molecule has 0 fully saturated rings. The lowest BCUT2D eigenvalue weighted by Crippen LogP contribution is -2.27. The molecule has 7 nitrogen and oxygen atoms in total. The van der Waals surface area contributed by atoms with E-state index in [1.807, 2.05) is 0 Å². The summed E-state index contributed by atoms with van der Waals surface area (Å²) in [4.78, 5) is 21.8. The molecule has 0 aliphatic carbocycles. The molecule has 0 saturated heterocycles. The summed E-state index contributed by atoms with van der Waals surface area (Å²) >= 11 is 4.94. The molecule has 3 N–H and O–H groups in total. The van der Waals surface area contributed by atoms with E-state index in [0.717, 1.165) is 5.82 Å². The van der Waals surface area contributed by atoms with Crippen molar-refractivity contribution in [3.8, 4) is 0 Å². The summed E-state index contributed by atoms with van der Waals surface area (Å²) in [5.41, 5.74) is -0.134. The molecule has 1 aromatic heterocycles. The second kappa shape index (κ2) is 6.10. The highest BCUT2D eigenvalue weighted by Crippen LogP contribution is 1.98. The van der Waals surface area contributed by atoms with Crippen molar-refractivity contribution in [1.29, 1.82) is 0 Å². The fourth-order valence-electron chi connectivity index (χ4n) is 1.25. The van der Waals surface area contributed by atoms with Crippen molar-refractivity contribution < 1.29 is 14.7 Å². The fourth-order valence-corrected chi connectivity index (χ4v) is 1.40. The number of nitrogens with one attached hydrogen (secondary N) is 2. The average Bonchev–Trinajstić information content (AvgIpc) is 2.60. The summed E-state index contributed by atoms with van der Waals surface area (Å²) in [5.74, 6) is -0.823. The summed E-state index contributed by atoms with van der Waals surface area (Å²) in [7, 11) is 1.77. The van der Waals surface area contributed by atoms with Gasteiger partial charge in [-0.3, -0.25) is 9.89 Å². The van der Waals surface area contributed by atoms with Crippen molar-refractivity contribution in [1.82, 2.24) is 20.1 Å². The summed E-state index contributed by atoms with van der Waals surface area (Å²) in [6.45, 7) is 3.64. The third-order valence-corrected chi connectivity index (χ3v) is 2.68. The van der Waals surface area contributed by atoms with Crippen LogP contribution in [0.4, 0.5) is 0 Å². The predicted molar refractivity (Wildman–Crippen MR) is 66.5 cm³/mol. The molecule has 0 atom stereocenters. The normalized spacial score (nSPS) is 10.1. The predicted octanol–water partition coefficient (Wildman–Crippen LogP) is 0.167. The van der Waals surface area contributed by atoms with Gasteiger partial charge in [0.1, 0.15) is 5.82 Å². The van der Waals surface area contributed by atoms with Gasteiger partial charge in [-0.15, -0.1) is 0 Å². The Bertz CT molecular complexity index is 531. The molecule has 1 amide bonds. The van der Waals surface area contributed by atoms with Crippen LogP contribution in [0.5, 0.6) is 0 Å². The van der Waals surface area contributed by atoms with Gasteiger partial charge in [0, 0.05) is 25.6 Å². The molecule has 0 aliphatic rings. The standard InChI is InChI=1S/C10H14N4O3S/c1-6(9(16)17)5-8(15)11-4-3-7-12-13-10(18)14(7)2/h1,3-5H2,2H3,(H,11,15)(H,13,18)(H,16,17). The molecule has 0 bridgehead atoms. The van der Waals surface area contributed by atoms with Gasteiger partial charge in [-0.1, -0.05) is 6.58 Å². The minimum absolute atomic E-state index is 0.134. The number of aliphatic carboxylic acids is 1. The molecule has 0 aliphatic heterocycles. The van der Waals surface area contributed by atoms with E-state index in [2.05, 4.69) is 22.1 Å². The zero-order valence-corrected chi connectivity index (χ0v) is 10.7. The molecule has 0 unspecified atom stereocenters. The number of H-pyrrole nitrogens is 1. The van der Waals surface area contributed by atoms with Crippen LogP contribution in [-0.4, -0.2) is 38.3 Å². The number of rotatable bonds is 6. The number of carboxylic acid groups (broad SMARTS) is 1. The Kier molecular flexibility index (Phi) is 4.78. The van der Waals surface area contributed by atoms with Crippen LogP contribution in [0.2, 0.25) is 0 Å². The molecule has 0 aromatic carbocycles. The van der Waals surface area contributed by atoms with E-state index in [1.165, 1.54) is 0 Å². The lowest BCUT2D eigenvalue weighted by Gasteiger charge is -2.04. The number of nitrogens with zero attached hydrogens (tertiary/aromatic N) is 2. The zero-order chi connectivity index (χ0) is 13.7. The third kappa shape index (κ3) is 3.81. The number of hydrogen-bond acceptors (Lipinski definition) is 4. The number of carbonyl (C=O) groups excluding carboxylic acids is 1. The van der Waals surface area contributed by atoms with Gasteiger partial charge < -0.3 is 15.0 Å². The first-order chi connectivity index (χ1) is 8.41. The smallest absolute Gasteiger partial charge is 0.331 e. The van der Waals surface area contributed by atoms with E-state index in [1.54, 1.807) is 11.6 Å². The minimum atomic E-state index is -1.17. The number of carbonyl (C=O) groups is 2. The topological polar surface area (TPSA) is 100 Å². The van der Waals surface area contributed by atoms with Crippen LogP contribution in [0, 0.1) is 4.77 Å². The van der Waals surface area contributed by atoms with E-state index in [9.17, 15) is 9.59 Å². The van der Waals surface area contributed by atoms with Crippen molar-refractivity contribution in [3.63, 3.8) is 0 Å². The first-order valence-electron chi connectivity index (χ1n) is 5.20. The highest BCUT2D eigenvalue weighted by molar-refractivity contribution is 7.71. The quantitative estimate of drug-likeness (QED) is 0.505. The van der Waals surface area contributed by atoms with Gasteiger partial charge >= 0.3 is 5.97 Å². The van der Waals surface area contributed by atoms with Crippen LogP contribution < -0.4 is 5.32 Å². The van der Waals surface area contributed by atoms with E-state index in [-0.39, 0.29) is 17.9 Å². The monoisotopic (exact) mass is 270 g/mol. The summed E-state index contributed by atoms with van der Waals surface area (Å²) in [5, 5.41) is 17.8. The second-order valence-corrected chi connectivity index (χ2v) is 4.08. The van der Waals surface area contributed by atoms with Crippen LogP contribution in [0.15, 0.2) is 12.2 Å². The molecule has 0 saturated carbocycles. The summed E-state index contributed by atoms with van der Waals surface area (Å²) in [6.07, 6.45) is 0.295. The molecular weight excluding hydrogens is 256 g/mol. The van der Waals surface area contributed by atoms with Gasteiger partial charge in [-0.05, 0) is 12.2 Å². The number of hydrogen-bond donors (Lipinski definition) is 3. The molecule has 8 heteroatoms. The first kappa shape index (κ1) is 14.1. The lowest BCUT2D eigenvalue weighted by molar-refractivity contribution is -0.134. The van der Waals surface area contributed by atoms with E-state index >= 15 is 0 Å². The van der Waals surface area contributed by atoms with Crippen LogP contribution in [0.3, 0.4) is 0 Å². The number of aromatic amines is 1. The van der Waals surface area contributed by atoms with Gasteiger partial charge in [0.2, 0.25) is 5.91 Å². The minimum Gasteiger partial charge on any atom is -0.478 e. The Hall–Kier alpha value is -1.96. The van der Waals surface area contributed by atoms with Crippen molar-refractivity contribution in [2.75, 3.05) is 6.54 Å². The van der Waals surface area contributed by atoms with Crippen LogP contribution in [-0.2, 0) is 23.1 Å². The number of aromatic nitrogens is 3. The van der Waals surface area contributed by atoms with Crippen LogP contribution >= 0.6 is 12.2 Å². The molecule has 1 aromatic rings. The zero-order valence-electron chi connectivity index (χ0n) is 9.89. The van der Waals surface area contributed by atoms with Gasteiger partial charge in [0.25, 0.3) is 0 Å². The van der Waals surface area contributed by atoms with Crippen molar-refractivity contribution in [2.24, 2.45) is 7.05 Å². The van der Waals surface area contributed by atoms with Crippen LogP contribution in [0.1, 0.15) is 12.2 Å². The largest absolute Gasteiger partial charge is 0.478 e. The van der Waals surface area contributed by atoms with Crippen molar-refractivity contribution in [2.45, 2.75) is 12.8 Å². The van der Waals surface area contributed by atoms with Gasteiger partial charge in [0.15, 0.2) is 4.77 Å². The maximum atomic E-state index is 11.3. The number of carboxylic acids is 1. The molecule has 0 spiro atoms. The second-order valence-electron chi connectivity index (χ2n) is 3.69. The molecule has 18 heavy (non-hydrogen) atoms. The van der Waals surface area contributed by atoms with E-state index in [0.29, 0.717) is 17.7 Å². The van der Waals surface area contributed by atoms with E-state index in [4.69, 9.17) is 17.3 Å². The Morgan fingerprint density at radius 2 is 2.28 bits per heavy atom. The maximum absolute atomic E-state index is 11.3. The molecule has 0 radical (unpaired) electrons. The third-order valence-electron chi connectivity index (χ3n) is 2.32. The van der Waals surface area contributed by atoms with Gasteiger partial charge in [-0.25, -0.2) is 4.79 Å². The Balaban J connectivity index is 2.36. The summed E-state index contributed by atoms with van der Waals surface area (Å²) in [6, 6.07) is 0. The number of amides is 1. The van der Waals surface area contributed by atoms with Crippen molar-refractivity contribution >= 4 is 24.1 Å². The first-order valence-corrected chi connectivity index (χ1v) is 5.60. The maximum Gasteiger partial charge on any atom is 0.331 e. The molecule has 1 heterocycles. The fraction of sp³-hybridized carbons (Fsp3) is 0.400. The lowest BCUT2D eigenvalue weighted by atomic mass is 10.2. The van der Waals surface area contributed by atoms with E-state index < -0.39 is 5.97 Å². The highest BCUT2D eigenvalue weighted by Gasteiger charge is 2.10. The average molecular weight is 270 g/mol. The molecule has 1 rings (SSSR count). The van der Waals surface area contributed by atoms with Gasteiger partial charge in [-0.2, -0.15) is 5.10 Å². The van der Waals surface area contributed by atoms with Gasteiger partial charge in [0.05, 0.1) is 6.42 Å². The van der Waals surface area contributed by atoms with Crippen LogP contribution in [0.25, 0.3) is 0 Å². The van der Waals surface area contributed by atoms with Crippen molar-refractivity contribution in [3.05, 3.63) is 22.7 Å². The Morgan fingerprint density at radius 3 is 2.78 bits per heavy atom. The summed E-state index contributed by atoms with van der Waals surface area (Å²) < 4.78 is 2.22. The Labute approximate surface area is 109 Å². The SMILES string of the molecule is C=C(CC(=O)NCCc1n[nH]c(=S)n1C)C(=O)O. The molecular formula is C10H14N4O3S. The highest BCUT2D eigenvalue weighted by atomic mass is 32.1.